The summed E-state index contributed by atoms with van der Waals surface area (Å²) in [6.45, 7) is 1.49. The number of nitrogens with one attached hydrogen (secondary N) is 1. The predicted molar refractivity (Wildman–Crippen MR) is 90.7 cm³/mol. The van der Waals surface area contributed by atoms with E-state index in [-0.39, 0.29) is 0 Å². The smallest absolute Gasteiger partial charge is 0.161 e. The summed E-state index contributed by atoms with van der Waals surface area (Å²) in [6.07, 6.45) is 5.32. The molecule has 0 atom stereocenters. The molecule has 3 rings (SSSR count). The number of methoxy groups -OCH3 is 1. The Morgan fingerprint density at radius 3 is 2.77 bits per heavy atom. The first-order valence-corrected chi connectivity index (χ1v) is 8.78. The molecule has 0 aliphatic heterocycles. The molecule has 0 spiro atoms. The number of hydrogen-bond acceptors (Lipinski definition) is 4. The van der Waals surface area contributed by atoms with Crippen LogP contribution in [0.15, 0.2) is 35.7 Å². The third-order valence-corrected chi connectivity index (χ3v) is 4.98. The summed E-state index contributed by atoms with van der Waals surface area (Å²) in [5.74, 6) is 1.61. The van der Waals surface area contributed by atoms with Gasteiger partial charge in [0.15, 0.2) is 11.5 Å². The molecule has 1 aliphatic carbocycles. The molecule has 1 saturated carbocycles. The third kappa shape index (κ3) is 4.02. The van der Waals surface area contributed by atoms with Crippen LogP contribution in [0.5, 0.6) is 11.5 Å². The van der Waals surface area contributed by atoms with Crippen LogP contribution in [0.2, 0.25) is 0 Å². The molecule has 1 aromatic heterocycles. The van der Waals surface area contributed by atoms with E-state index in [1.165, 1.54) is 36.1 Å². The van der Waals surface area contributed by atoms with Crippen molar-refractivity contribution in [3.05, 3.63) is 46.2 Å². The van der Waals surface area contributed by atoms with Crippen molar-refractivity contribution in [2.45, 2.75) is 44.9 Å². The van der Waals surface area contributed by atoms with Crippen molar-refractivity contribution < 1.29 is 9.47 Å². The fourth-order valence-corrected chi connectivity index (χ4v) is 3.49. The van der Waals surface area contributed by atoms with Crippen LogP contribution in [0.25, 0.3) is 0 Å². The monoisotopic (exact) mass is 317 g/mol. The summed E-state index contributed by atoms with van der Waals surface area (Å²) >= 11 is 1.71. The van der Waals surface area contributed by atoms with Crippen LogP contribution < -0.4 is 14.8 Å². The molecule has 1 fully saturated rings. The van der Waals surface area contributed by atoms with Gasteiger partial charge in [-0.05, 0) is 42.0 Å². The highest BCUT2D eigenvalue weighted by molar-refractivity contribution is 7.09. The summed E-state index contributed by atoms with van der Waals surface area (Å²) in [4.78, 5) is 1.22. The van der Waals surface area contributed by atoms with E-state index in [1.54, 1.807) is 18.4 Å². The molecule has 0 unspecified atom stereocenters. The van der Waals surface area contributed by atoms with Gasteiger partial charge in [-0.1, -0.05) is 25.0 Å². The first-order valence-electron chi connectivity index (χ1n) is 7.90. The van der Waals surface area contributed by atoms with E-state index >= 15 is 0 Å². The SMILES string of the molecule is COc1cc(CNC2CCCC2)ccc1OCc1cccs1. The maximum absolute atomic E-state index is 5.87. The van der Waals surface area contributed by atoms with E-state index in [0.717, 1.165) is 18.0 Å². The molecule has 1 aromatic carbocycles. The number of thiophene rings is 1. The summed E-state index contributed by atoms with van der Waals surface area (Å²) in [7, 11) is 1.70. The molecule has 1 heterocycles. The first-order chi connectivity index (χ1) is 10.8. The standard InChI is InChI=1S/C18H23NO2S/c1-20-18-11-14(12-19-15-5-2-3-6-15)8-9-17(18)21-13-16-7-4-10-22-16/h4,7-11,15,19H,2-3,5-6,12-13H2,1H3. The minimum atomic E-state index is 0.591. The quantitative estimate of drug-likeness (QED) is 0.822. The fourth-order valence-electron chi connectivity index (χ4n) is 2.88. The van der Waals surface area contributed by atoms with Crippen LogP contribution in [-0.2, 0) is 13.2 Å². The van der Waals surface area contributed by atoms with Crippen molar-refractivity contribution in [3.63, 3.8) is 0 Å². The Balaban J connectivity index is 1.59. The lowest BCUT2D eigenvalue weighted by molar-refractivity contribution is 0.287. The molecule has 0 saturated heterocycles. The zero-order valence-electron chi connectivity index (χ0n) is 13.0. The number of hydrogen-bond donors (Lipinski definition) is 1. The van der Waals surface area contributed by atoms with Gasteiger partial charge in [0.1, 0.15) is 6.61 Å². The van der Waals surface area contributed by atoms with E-state index in [1.807, 2.05) is 12.1 Å². The van der Waals surface area contributed by atoms with Crippen molar-refractivity contribution in [2.75, 3.05) is 7.11 Å². The lowest BCUT2D eigenvalue weighted by Crippen LogP contribution is -2.25. The van der Waals surface area contributed by atoms with E-state index in [0.29, 0.717) is 12.6 Å². The maximum Gasteiger partial charge on any atom is 0.161 e. The molecule has 0 amide bonds. The molecule has 1 aliphatic rings. The Hall–Kier alpha value is -1.52. The Bertz CT molecular complexity index is 577. The highest BCUT2D eigenvalue weighted by atomic mass is 32.1. The third-order valence-electron chi connectivity index (χ3n) is 4.13. The molecular weight excluding hydrogens is 294 g/mol. The van der Waals surface area contributed by atoms with E-state index < -0.39 is 0 Å². The van der Waals surface area contributed by atoms with Crippen molar-refractivity contribution in [1.29, 1.82) is 0 Å². The Morgan fingerprint density at radius 2 is 2.05 bits per heavy atom. The topological polar surface area (TPSA) is 30.5 Å². The zero-order valence-corrected chi connectivity index (χ0v) is 13.8. The Labute approximate surface area is 136 Å². The van der Waals surface area contributed by atoms with Crippen LogP contribution in [0.4, 0.5) is 0 Å². The molecule has 4 heteroatoms. The fraction of sp³-hybridized carbons (Fsp3) is 0.444. The van der Waals surface area contributed by atoms with Gasteiger partial charge in [0, 0.05) is 17.5 Å². The van der Waals surface area contributed by atoms with Gasteiger partial charge in [0.25, 0.3) is 0 Å². The highest BCUT2D eigenvalue weighted by Crippen LogP contribution is 2.29. The van der Waals surface area contributed by atoms with Crippen LogP contribution in [-0.4, -0.2) is 13.2 Å². The number of benzene rings is 1. The lowest BCUT2D eigenvalue weighted by Gasteiger charge is -2.14. The minimum absolute atomic E-state index is 0.591. The molecule has 2 aromatic rings. The molecule has 118 valence electrons. The second-order valence-electron chi connectivity index (χ2n) is 5.72. The van der Waals surface area contributed by atoms with Crippen LogP contribution in [0.3, 0.4) is 0 Å². The molecular formula is C18H23NO2S. The van der Waals surface area contributed by atoms with Crippen molar-refractivity contribution in [1.82, 2.24) is 5.32 Å². The lowest BCUT2D eigenvalue weighted by atomic mass is 10.1. The van der Waals surface area contributed by atoms with Gasteiger partial charge in [0.2, 0.25) is 0 Å². The van der Waals surface area contributed by atoms with Crippen LogP contribution >= 0.6 is 11.3 Å². The van der Waals surface area contributed by atoms with Gasteiger partial charge < -0.3 is 14.8 Å². The van der Waals surface area contributed by atoms with Crippen molar-refractivity contribution >= 4 is 11.3 Å². The second kappa shape index (κ2) is 7.65. The number of rotatable bonds is 7. The van der Waals surface area contributed by atoms with Gasteiger partial charge in [-0.25, -0.2) is 0 Å². The summed E-state index contributed by atoms with van der Waals surface area (Å²) in [6, 6.07) is 11.0. The number of ether oxygens (including phenoxy) is 2. The van der Waals surface area contributed by atoms with Gasteiger partial charge in [0.05, 0.1) is 7.11 Å². The van der Waals surface area contributed by atoms with E-state index in [4.69, 9.17) is 9.47 Å². The molecule has 3 nitrogen and oxygen atoms in total. The van der Waals surface area contributed by atoms with Crippen LogP contribution in [0, 0.1) is 0 Å². The van der Waals surface area contributed by atoms with Gasteiger partial charge in [-0.3, -0.25) is 0 Å². The van der Waals surface area contributed by atoms with Crippen molar-refractivity contribution in [2.24, 2.45) is 0 Å². The predicted octanol–water partition coefficient (Wildman–Crippen LogP) is 4.37. The van der Waals surface area contributed by atoms with Crippen LogP contribution in [0.1, 0.15) is 36.1 Å². The normalized spacial score (nSPS) is 15.1. The largest absolute Gasteiger partial charge is 0.493 e. The van der Waals surface area contributed by atoms with Gasteiger partial charge >= 0.3 is 0 Å². The van der Waals surface area contributed by atoms with E-state index in [2.05, 4.69) is 28.9 Å². The second-order valence-corrected chi connectivity index (χ2v) is 6.75. The Kier molecular flexibility index (Phi) is 5.35. The minimum Gasteiger partial charge on any atom is -0.493 e. The average molecular weight is 317 g/mol. The molecule has 0 bridgehead atoms. The molecule has 0 radical (unpaired) electrons. The maximum atomic E-state index is 5.87. The summed E-state index contributed by atoms with van der Waals surface area (Å²) < 4.78 is 11.3. The van der Waals surface area contributed by atoms with Gasteiger partial charge in [-0.15, -0.1) is 11.3 Å². The summed E-state index contributed by atoms with van der Waals surface area (Å²) in [5.41, 5.74) is 1.24. The average Bonchev–Trinajstić information content (AvgIpc) is 3.24. The summed E-state index contributed by atoms with van der Waals surface area (Å²) in [5, 5.41) is 5.69. The van der Waals surface area contributed by atoms with Gasteiger partial charge in [-0.2, -0.15) is 0 Å². The van der Waals surface area contributed by atoms with E-state index in [9.17, 15) is 0 Å². The zero-order chi connectivity index (χ0) is 15.2. The first kappa shape index (κ1) is 15.4. The highest BCUT2D eigenvalue weighted by Gasteiger charge is 2.14. The molecule has 22 heavy (non-hydrogen) atoms. The van der Waals surface area contributed by atoms with Crippen molar-refractivity contribution in [3.8, 4) is 11.5 Å². The Morgan fingerprint density at radius 1 is 1.18 bits per heavy atom. The molecule has 1 N–H and O–H groups in total.